The fraction of sp³-hybridized carbons (Fsp3) is 0.538. The third-order valence-electron chi connectivity index (χ3n) is 10.8. The molecule has 7 N–H and O–H groups in total. The number of pyridine rings is 2. The molecule has 0 aromatic carbocycles. The summed E-state index contributed by atoms with van der Waals surface area (Å²) in [4.78, 5) is 76.5. The van der Waals surface area contributed by atoms with Crippen LogP contribution in [0.25, 0.3) is 5.65 Å². The number of carbonyl (C=O) groups excluding carboxylic acids is 4. The summed E-state index contributed by atoms with van der Waals surface area (Å²) < 4.78 is 12.2. The van der Waals surface area contributed by atoms with Crippen molar-refractivity contribution in [3.8, 4) is 0 Å². The van der Waals surface area contributed by atoms with Gasteiger partial charge < -0.3 is 41.4 Å². The molecule has 0 bridgehead atoms. The number of carbonyl (C=O) groups is 4. The molecule has 0 aliphatic carbocycles. The van der Waals surface area contributed by atoms with Gasteiger partial charge in [0, 0.05) is 76.5 Å². The lowest BCUT2D eigenvalue weighted by atomic mass is 9.97. The van der Waals surface area contributed by atoms with E-state index in [4.69, 9.17) is 32.5 Å². The van der Waals surface area contributed by atoms with Gasteiger partial charge in [-0.15, -0.1) is 0 Å². The number of piperidine rings is 1. The average Bonchev–Trinajstić information content (AvgIpc) is 3.88. The van der Waals surface area contributed by atoms with Crippen LogP contribution in [0.4, 0.5) is 21.2 Å². The predicted octanol–water partition coefficient (Wildman–Crippen LogP) is 9.43. The topological polar surface area (TPSA) is 293 Å². The fourth-order valence-electron chi connectivity index (χ4n) is 6.61. The average molecular weight is 1120 g/mol. The number of amides is 4. The summed E-state index contributed by atoms with van der Waals surface area (Å²) in [6.07, 6.45) is 16.6. The van der Waals surface area contributed by atoms with Crippen LogP contribution < -0.4 is 22.1 Å². The van der Waals surface area contributed by atoms with Crippen LogP contribution in [0.2, 0.25) is 5.28 Å². The summed E-state index contributed by atoms with van der Waals surface area (Å²) in [6, 6.07) is 7.12. The van der Waals surface area contributed by atoms with Gasteiger partial charge in [-0.3, -0.25) is 14.7 Å². The van der Waals surface area contributed by atoms with Crippen molar-refractivity contribution in [3.05, 3.63) is 89.1 Å². The first kappa shape index (κ1) is 65.1. The van der Waals surface area contributed by atoms with Crippen LogP contribution in [0.3, 0.4) is 0 Å². The van der Waals surface area contributed by atoms with E-state index in [2.05, 4.69) is 83.5 Å². The van der Waals surface area contributed by atoms with E-state index in [-0.39, 0.29) is 29.9 Å². The van der Waals surface area contributed by atoms with Crippen molar-refractivity contribution >= 4 is 76.4 Å². The number of likely N-dealkylation sites (tertiary alicyclic amines) is 1. The normalized spacial score (nSPS) is 13.2. The molecule has 1 unspecified atom stereocenters. The van der Waals surface area contributed by atoms with Crippen LogP contribution in [0, 0.1) is 5.92 Å². The van der Waals surface area contributed by atoms with Gasteiger partial charge in [0.1, 0.15) is 29.2 Å². The third-order valence-corrected chi connectivity index (χ3v) is 12.1. The van der Waals surface area contributed by atoms with E-state index in [0.29, 0.717) is 84.6 Å². The van der Waals surface area contributed by atoms with Crippen LogP contribution in [-0.2, 0) is 32.2 Å². The largest absolute Gasteiger partial charge is 0.444 e. The molecule has 77 heavy (non-hydrogen) atoms. The zero-order valence-corrected chi connectivity index (χ0v) is 49.2. The summed E-state index contributed by atoms with van der Waals surface area (Å²) in [5.74, 6) is 1.32. The van der Waals surface area contributed by atoms with Crippen molar-refractivity contribution in [1.82, 2.24) is 59.5 Å². The van der Waals surface area contributed by atoms with Gasteiger partial charge in [-0.1, -0.05) is 63.4 Å². The van der Waals surface area contributed by atoms with E-state index in [9.17, 15) is 19.2 Å². The van der Waals surface area contributed by atoms with Crippen molar-refractivity contribution < 1.29 is 28.7 Å². The first-order valence-electron chi connectivity index (χ1n) is 25.3. The van der Waals surface area contributed by atoms with Crippen LogP contribution in [0.1, 0.15) is 135 Å². The second-order valence-corrected chi connectivity index (χ2v) is 22.1. The molecule has 422 valence electrons. The molecule has 25 heteroatoms. The lowest BCUT2D eigenvalue weighted by Crippen LogP contribution is -2.45. The first-order valence-corrected chi connectivity index (χ1v) is 28.1. The number of unbranched alkanes of at least 4 members (excludes halogenated alkanes) is 1. The second-order valence-electron chi connectivity index (χ2n) is 20.2. The summed E-state index contributed by atoms with van der Waals surface area (Å²) in [6.45, 7) is 21.8. The number of thioether (sulfide) groups is 2. The number of H-pyrrole nitrogens is 1. The molecule has 22 nitrogen and oxygen atoms in total. The number of halogens is 1. The van der Waals surface area contributed by atoms with E-state index in [1.54, 1.807) is 47.2 Å². The molecule has 0 spiro atoms. The Kier molecular flexibility index (Phi) is 27.5. The Morgan fingerprint density at radius 2 is 1.44 bits per heavy atom. The number of ether oxygens (including phenoxy) is 2. The Morgan fingerprint density at radius 3 is 1.99 bits per heavy atom. The quantitative estimate of drug-likeness (QED) is 0.0511. The zero-order valence-electron chi connectivity index (χ0n) is 46.8. The van der Waals surface area contributed by atoms with Gasteiger partial charge in [0.05, 0.1) is 12.1 Å². The minimum Gasteiger partial charge on any atom is -0.444 e. The second kappa shape index (κ2) is 32.5. The molecule has 4 amide bonds. The number of nitrogens with one attached hydrogen (secondary N) is 3. The maximum atomic E-state index is 12.4. The molecule has 6 heterocycles. The van der Waals surface area contributed by atoms with Gasteiger partial charge in [-0.25, -0.2) is 34.5 Å². The maximum absolute atomic E-state index is 12.4. The number of hydrogen-bond donors (Lipinski definition) is 5. The van der Waals surface area contributed by atoms with Gasteiger partial charge in [-0.05, 0) is 132 Å². The lowest BCUT2D eigenvalue weighted by Gasteiger charge is -2.33. The van der Waals surface area contributed by atoms with E-state index >= 15 is 0 Å². The monoisotopic (exact) mass is 1120 g/mol. The van der Waals surface area contributed by atoms with Crippen molar-refractivity contribution in [2.24, 2.45) is 17.4 Å². The summed E-state index contributed by atoms with van der Waals surface area (Å²) in [7, 11) is 1.69. The Labute approximate surface area is 466 Å². The highest BCUT2D eigenvalue weighted by Crippen LogP contribution is 2.24. The minimum absolute atomic E-state index is 0.0945. The molecule has 1 atom stereocenters. The standard InChI is InChI=1S/C17H26N4O3.C17H28N4O3.C9H11ClN4S.C9H14N4S/c1-17(2,3)24-16(23)21-8-4-5-13(11-21)15(22)20-14-7-6-12(9-18)10-19-14;1-17(2,3)24-16(23)21(4)10-6-5-7-15(22)20-14-9-8-13(11-18)12-19-14;1-5(2)6-4-11-14-7(6)12-9(15-3)13-8(14)10;1-7(2)8-4-10-9(14-3)11-6-13-12-5-8/h6-7,10,13H,4-5,8-9,11,18H2,1-3H3,(H,19,20,22);8-9,12H,5-7,10-11,18H2,1-4H3,(H,19,20,22);4-5H,1-3H3;4-7,12H,1-3H3. The van der Waals surface area contributed by atoms with E-state index < -0.39 is 11.2 Å². The fourth-order valence-corrected chi connectivity index (χ4v) is 7.53. The molecular weight excluding hydrogens is 1040 g/mol. The van der Waals surface area contributed by atoms with E-state index in [0.717, 1.165) is 47.2 Å². The van der Waals surface area contributed by atoms with E-state index in [1.807, 2.05) is 78.6 Å². The third kappa shape index (κ3) is 24.3. The summed E-state index contributed by atoms with van der Waals surface area (Å²) in [5, 5.41) is 18.1. The van der Waals surface area contributed by atoms with Gasteiger partial charge in [-0.2, -0.15) is 19.7 Å². The van der Waals surface area contributed by atoms with Crippen molar-refractivity contribution in [2.45, 2.75) is 148 Å². The highest BCUT2D eigenvalue weighted by molar-refractivity contribution is 7.98. The first-order chi connectivity index (χ1) is 36.4. The lowest BCUT2D eigenvalue weighted by molar-refractivity contribution is -0.121. The SMILES string of the molecule is CC(C)(C)OC(=O)N1CCCC(C(=O)Nc2ccc(CN)cn2)C1.CN(CCCCC(=O)Nc1ccc(CN)cn1)C(=O)OC(C)(C)C.CSc1nc(Cl)n2ncc(C(C)C)c2n1.CSc1ncn[nH]cc(C(C)C)cn1. The molecular formula is C52H79ClN16O6S2. The van der Waals surface area contributed by atoms with E-state index in [1.165, 1.54) is 34.8 Å². The van der Waals surface area contributed by atoms with Gasteiger partial charge >= 0.3 is 12.2 Å². The van der Waals surface area contributed by atoms with Gasteiger partial charge in [0.2, 0.25) is 17.1 Å². The molecule has 5 aromatic rings. The Bertz CT molecular complexity index is 2680. The summed E-state index contributed by atoms with van der Waals surface area (Å²) >= 11 is 8.97. The number of anilines is 2. The van der Waals surface area contributed by atoms with Crippen molar-refractivity contribution in [2.75, 3.05) is 49.8 Å². The molecule has 5 aromatic heterocycles. The van der Waals surface area contributed by atoms with Crippen LogP contribution >= 0.6 is 35.1 Å². The summed E-state index contributed by atoms with van der Waals surface area (Å²) in [5.41, 5.74) is 14.8. The van der Waals surface area contributed by atoms with Crippen LogP contribution in [-0.4, -0.2) is 134 Å². The Balaban J connectivity index is 0.000000277. The minimum atomic E-state index is -0.541. The molecule has 0 saturated carbocycles. The Morgan fingerprint density at radius 1 is 0.818 bits per heavy atom. The number of aromatic nitrogens is 10. The predicted molar refractivity (Wildman–Crippen MR) is 304 cm³/mol. The molecule has 1 aliphatic rings. The molecule has 6 rings (SSSR count). The van der Waals surface area contributed by atoms with Gasteiger partial charge in [0.15, 0.2) is 16.0 Å². The number of aromatic amines is 1. The van der Waals surface area contributed by atoms with Crippen molar-refractivity contribution in [3.63, 3.8) is 0 Å². The smallest absolute Gasteiger partial charge is 0.410 e. The van der Waals surface area contributed by atoms with Gasteiger partial charge in [0.25, 0.3) is 0 Å². The Hall–Kier alpha value is -6.21. The number of hydrogen-bond acceptors (Lipinski definition) is 18. The zero-order chi connectivity index (χ0) is 57.3. The maximum Gasteiger partial charge on any atom is 0.410 e. The van der Waals surface area contributed by atoms with Crippen LogP contribution in [0.15, 0.2) is 71.9 Å². The highest BCUT2D eigenvalue weighted by Gasteiger charge is 2.31. The number of nitrogens with two attached hydrogens (primary N) is 2. The van der Waals surface area contributed by atoms with Crippen molar-refractivity contribution in [1.29, 1.82) is 0 Å². The number of nitrogens with zero attached hydrogens (tertiary/aromatic N) is 11. The number of rotatable bonds is 14. The molecule has 1 saturated heterocycles. The highest BCUT2D eigenvalue weighted by atomic mass is 35.5. The molecule has 0 radical (unpaired) electrons. The molecule has 1 fully saturated rings. The van der Waals surface area contributed by atoms with Crippen LogP contribution in [0.5, 0.6) is 0 Å². The molecule has 1 aliphatic heterocycles. The number of fused-ring (bicyclic) bond motifs is 1.